The molecule has 58 heavy (non-hydrogen) atoms. The van der Waals surface area contributed by atoms with Crippen molar-refractivity contribution in [2.45, 2.75) is 179 Å². The number of Topliss-reactive ketones (excluding diaryl/α,β-unsaturated/α-hetero) is 2. The zero-order valence-electron chi connectivity index (χ0n) is 34.8. The van der Waals surface area contributed by atoms with E-state index in [1.165, 1.54) is 20.8 Å². The average molecular weight is 825 g/mol. The molecule has 3 aliphatic heterocycles. The topological polar surface area (TPSA) is 262 Å². The zero-order valence-corrected chi connectivity index (χ0v) is 34.8. The van der Waals surface area contributed by atoms with E-state index in [1.54, 1.807) is 26.8 Å². The molecule has 4 aliphatic carbocycles. The van der Waals surface area contributed by atoms with Crippen molar-refractivity contribution in [2.75, 3.05) is 6.61 Å². The number of rotatable bonds is 7. The van der Waals surface area contributed by atoms with Gasteiger partial charge in [0.1, 0.15) is 48.5 Å². The predicted octanol–water partition coefficient (Wildman–Crippen LogP) is -0.238. The molecule has 20 atom stereocenters. The number of ketones is 2. The molecule has 3 heterocycles. The van der Waals surface area contributed by atoms with Crippen LogP contribution >= 0.6 is 0 Å². The Balaban J connectivity index is 1.24. The van der Waals surface area contributed by atoms with Crippen LogP contribution in [0.15, 0.2) is 23.5 Å². The van der Waals surface area contributed by atoms with Gasteiger partial charge in [-0.15, -0.1) is 0 Å². The van der Waals surface area contributed by atoms with Crippen molar-refractivity contribution in [1.29, 1.82) is 0 Å². The summed E-state index contributed by atoms with van der Waals surface area (Å²) in [6.45, 7) is 15.0. The second kappa shape index (κ2) is 14.3. The third-order valence-corrected chi connectivity index (χ3v) is 15.9. The van der Waals surface area contributed by atoms with Crippen LogP contribution < -0.4 is 0 Å². The number of hydrogen-bond acceptors (Lipinski definition) is 16. The zero-order chi connectivity index (χ0) is 43.0. The summed E-state index contributed by atoms with van der Waals surface area (Å²) in [6.07, 6.45) is -13.7. The Kier molecular flexibility index (Phi) is 10.9. The molecule has 16 heteroatoms. The number of hydrogen-bond donors (Lipinski definition) is 9. The van der Waals surface area contributed by atoms with Gasteiger partial charge in [-0.1, -0.05) is 32.4 Å². The summed E-state index contributed by atoms with van der Waals surface area (Å²) in [5.41, 5.74) is -5.70. The fraction of sp³-hybridized carbons (Fsp3) is 0.857. The van der Waals surface area contributed by atoms with Crippen LogP contribution in [0.25, 0.3) is 0 Å². The van der Waals surface area contributed by atoms with E-state index >= 15 is 4.79 Å². The number of allylic oxidation sites excluding steroid dienone is 4. The number of aliphatic hydroxyl groups excluding tert-OH is 7. The van der Waals surface area contributed by atoms with Crippen molar-refractivity contribution in [1.82, 2.24) is 0 Å². The van der Waals surface area contributed by atoms with E-state index in [0.717, 1.165) is 5.57 Å². The lowest BCUT2D eigenvalue weighted by Crippen LogP contribution is -2.65. The van der Waals surface area contributed by atoms with E-state index in [1.807, 2.05) is 19.9 Å². The molecule has 3 saturated heterocycles. The van der Waals surface area contributed by atoms with Crippen LogP contribution in [0.1, 0.15) is 88.0 Å². The van der Waals surface area contributed by atoms with Gasteiger partial charge in [-0.2, -0.15) is 0 Å². The van der Waals surface area contributed by atoms with Crippen LogP contribution in [0.2, 0.25) is 0 Å². The monoisotopic (exact) mass is 824 g/mol. The first-order valence-corrected chi connectivity index (χ1v) is 20.6. The Morgan fingerprint density at radius 2 is 1.53 bits per heavy atom. The van der Waals surface area contributed by atoms with Crippen LogP contribution in [0.4, 0.5) is 0 Å². The Labute approximate surface area is 338 Å². The van der Waals surface area contributed by atoms with E-state index in [2.05, 4.69) is 6.92 Å². The first-order valence-electron chi connectivity index (χ1n) is 20.6. The molecule has 0 bridgehead atoms. The summed E-state index contributed by atoms with van der Waals surface area (Å²) in [4.78, 5) is 29.4. The molecule has 0 aromatic carbocycles. The molecule has 1 unspecified atom stereocenters. The molecular formula is C42H64O16. The van der Waals surface area contributed by atoms with E-state index in [9.17, 15) is 50.8 Å². The summed E-state index contributed by atoms with van der Waals surface area (Å²) in [7, 11) is 0. The summed E-state index contributed by atoms with van der Waals surface area (Å²) in [6, 6.07) is 0. The van der Waals surface area contributed by atoms with Gasteiger partial charge in [0.25, 0.3) is 0 Å². The summed E-state index contributed by atoms with van der Waals surface area (Å²) in [5.74, 6) is -2.16. The maximum Gasteiger partial charge on any atom is 0.229 e. The second-order valence-electron chi connectivity index (χ2n) is 20.3. The minimum Gasteiger partial charge on any atom is -0.459 e. The Hall–Kier alpha value is -1.90. The van der Waals surface area contributed by atoms with Crippen LogP contribution in [0.5, 0.6) is 0 Å². The minimum absolute atomic E-state index is 0.0590. The second-order valence-corrected chi connectivity index (χ2v) is 20.3. The largest absolute Gasteiger partial charge is 0.459 e. The third kappa shape index (κ3) is 6.34. The van der Waals surface area contributed by atoms with Crippen molar-refractivity contribution in [3.05, 3.63) is 23.5 Å². The molecule has 7 rings (SSSR count). The van der Waals surface area contributed by atoms with Crippen LogP contribution in [0.3, 0.4) is 0 Å². The summed E-state index contributed by atoms with van der Waals surface area (Å²) in [5, 5.41) is 97.4. The predicted molar refractivity (Wildman–Crippen MR) is 201 cm³/mol. The van der Waals surface area contributed by atoms with Gasteiger partial charge >= 0.3 is 0 Å². The molecule has 0 amide bonds. The Bertz CT molecular complexity index is 1700. The highest BCUT2D eigenvalue weighted by atomic mass is 16.8. The van der Waals surface area contributed by atoms with Gasteiger partial charge in [0, 0.05) is 30.1 Å². The van der Waals surface area contributed by atoms with E-state index < -0.39 is 137 Å². The molecule has 16 nitrogen and oxygen atoms in total. The molecule has 5 fully saturated rings. The fourth-order valence-corrected chi connectivity index (χ4v) is 12.4. The van der Waals surface area contributed by atoms with Crippen molar-refractivity contribution in [2.24, 2.45) is 39.4 Å². The van der Waals surface area contributed by atoms with Gasteiger partial charge in [-0.05, 0) is 77.2 Å². The quantitative estimate of drug-likeness (QED) is 0.150. The molecule has 7 aliphatic rings. The minimum atomic E-state index is -1.81. The molecule has 0 aromatic heterocycles. The third-order valence-electron chi connectivity index (χ3n) is 15.9. The highest BCUT2D eigenvalue weighted by Gasteiger charge is 2.75. The van der Waals surface area contributed by atoms with Gasteiger partial charge in [-0.3, -0.25) is 9.59 Å². The van der Waals surface area contributed by atoms with Gasteiger partial charge in [0.05, 0.1) is 41.5 Å². The first kappa shape index (κ1) is 44.2. The molecule has 2 saturated carbocycles. The van der Waals surface area contributed by atoms with Crippen LogP contribution in [-0.4, -0.2) is 155 Å². The number of fused-ring (bicyclic) bond motifs is 7. The molecular weight excluding hydrogens is 760 g/mol. The molecule has 328 valence electrons. The van der Waals surface area contributed by atoms with Gasteiger partial charge in [-0.25, -0.2) is 0 Å². The van der Waals surface area contributed by atoms with Crippen molar-refractivity contribution >= 4 is 11.6 Å². The van der Waals surface area contributed by atoms with Crippen LogP contribution in [-0.2, 0) is 33.3 Å². The normalized spacial score (nSPS) is 52.1. The van der Waals surface area contributed by atoms with Crippen molar-refractivity contribution in [3.8, 4) is 0 Å². The molecule has 9 N–H and O–H groups in total. The number of carbonyl (C=O) groups excluding carboxylic acids is 2. The standard InChI is InChI=1S/C42H64O16/c1-17-26(45)28(47)30(49)35(54-17)58-31-29(48)27(46)23(16-43)57-36(31)56-20-12-19-18(37(2,3)33(20)50)10-11-24-39(6)13-21-32(40(39,7)15-25(44)42(19,24)9)41(8,53)14-22(55-21)34(51)38(4,5)52/h10,12,17,19,21-24,26-32,34-36,43,45-49,51-53H,11,13-16H2,1-9H3/t17-,19-,21-,22-,23-,24+,26+,27-,28-,29-,30-,31-,32+,34?,35+,36-,39+,40-,41+,42+/m1/s1. The van der Waals surface area contributed by atoms with Crippen LogP contribution in [0, 0.1) is 39.4 Å². The highest BCUT2D eigenvalue weighted by Crippen LogP contribution is 2.75. The van der Waals surface area contributed by atoms with Gasteiger partial charge in [0.2, 0.25) is 12.1 Å². The number of carbonyl (C=O) groups is 2. The molecule has 0 aromatic rings. The van der Waals surface area contributed by atoms with E-state index in [-0.39, 0.29) is 30.3 Å². The molecule has 0 radical (unpaired) electrons. The fourth-order valence-electron chi connectivity index (χ4n) is 12.4. The Morgan fingerprint density at radius 1 is 0.879 bits per heavy atom. The number of aliphatic hydroxyl groups is 9. The maximum atomic E-state index is 15.0. The summed E-state index contributed by atoms with van der Waals surface area (Å²) < 4.78 is 30.3. The van der Waals surface area contributed by atoms with Gasteiger partial charge < -0.3 is 69.6 Å². The van der Waals surface area contributed by atoms with E-state index in [4.69, 9.17) is 23.7 Å². The SMILES string of the molecule is C[C@H]1O[C@@H](O[C@H]2[C@H](OC3=C[C@@H]4C(=CC[C@@H]5[C@@]4(C)C(=O)C[C@]4(C)[C@@H]6[C@@H](C[C@@]54C)O[C@@H](C(O)C(C)(C)O)C[C@]6(C)O)C(C)(C)C3=O)O[C@H](CO)[C@@H](O)[C@H]2O)[C@H](O)[C@H](O)[C@H]1O. The first-order chi connectivity index (χ1) is 26.7. The Morgan fingerprint density at radius 3 is 2.16 bits per heavy atom. The lowest BCUT2D eigenvalue weighted by Gasteiger charge is -2.64. The van der Waals surface area contributed by atoms with Gasteiger partial charge in [0.15, 0.2) is 18.2 Å². The number of ether oxygens (including phenoxy) is 5. The lowest BCUT2D eigenvalue weighted by atomic mass is 9.39. The lowest BCUT2D eigenvalue weighted by molar-refractivity contribution is -0.360. The average Bonchev–Trinajstić information content (AvgIpc) is 3.37. The highest BCUT2D eigenvalue weighted by molar-refractivity contribution is 6.02. The van der Waals surface area contributed by atoms with Crippen molar-refractivity contribution < 1.29 is 79.2 Å². The summed E-state index contributed by atoms with van der Waals surface area (Å²) >= 11 is 0. The molecule has 0 spiro atoms. The smallest absolute Gasteiger partial charge is 0.229 e. The van der Waals surface area contributed by atoms with Crippen molar-refractivity contribution in [3.63, 3.8) is 0 Å². The van der Waals surface area contributed by atoms with E-state index in [0.29, 0.717) is 12.8 Å². The maximum absolute atomic E-state index is 15.0.